The predicted octanol–water partition coefficient (Wildman–Crippen LogP) is 2.19. The normalized spacial score (nSPS) is 15.8. The minimum Gasteiger partial charge on any atom is -0.454 e. The van der Waals surface area contributed by atoms with Crippen LogP contribution in [-0.4, -0.2) is 61.1 Å². The van der Waals surface area contributed by atoms with Gasteiger partial charge in [-0.15, -0.1) is 0 Å². The van der Waals surface area contributed by atoms with Crippen LogP contribution in [0.25, 0.3) is 0 Å². The molecule has 158 valence electrons. The van der Waals surface area contributed by atoms with Crippen LogP contribution in [0.4, 0.5) is 0 Å². The fraction of sp³-hybridized carbons (Fsp3) is 0.391. The van der Waals surface area contributed by atoms with Crippen molar-refractivity contribution >= 4 is 11.8 Å². The summed E-state index contributed by atoms with van der Waals surface area (Å²) in [4.78, 5) is 28.9. The van der Waals surface area contributed by atoms with E-state index in [1.807, 2.05) is 42.2 Å². The SMILES string of the molecule is Cc1cccc(C(=O)NCCC(=O)N2CCN(Cc3ccc4c(c3)OCO4)CC2)c1. The molecule has 1 N–H and O–H groups in total. The first-order valence-electron chi connectivity index (χ1n) is 10.3. The number of nitrogens with one attached hydrogen (secondary N) is 1. The van der Waals surface area contributed by atoms with Crippen molar-refractivity contribution in [2.45, 2.75) is 19.9 Å². The number of fused-ring (bicyclic) bond motifs is 1. The highest BCUT2D eigenvalue weighted by atomic mass is 16.7. The molecule has 2 aliphatic heterocycles. The van der Waals surface area contributed by atoms with E-state index in [9.17, 15) is 9.59 Å². The number of carbonyl (C=O) groups is 2. The van der Waals surface area contributed by atoms with Crippen molar-refractivity contribution < 1.29 is 19.1 Å². The van der Waals surface area contributed by atoms with Crippen LogP contribution in [-0.2, 0) is 11.3 Å². The zero-order chi connectivity index (χ0) is 20.9. The van der Waals surface area contributed by atoms with Crippen molar-refractivity contribution in [3.8, 4) is 11.5 Å². The highest BCUT2D eigenvalue weighted by Crippen LogP contribution is 2.32. The molecule has 2 heterocycles. The van der Waals surface area contributed by atoms with Crippen LogP contribution in [0.2, 0.25) is 0 Å². The second-order valence-electron chi connectivity index (χ2n) is 7.72. The zero-order valence-electron chi connectivity index (χ0n) is 17.2. The first kappa shape index (κ1) is 20.2. The highest BCUT2D eigenvalue weighted by Gasteiger charge is 2.22. The van der Waals surface area contributed by atoms with Crippen LogP contribution < -0.4 is 14.8 Å². The van der Waals surface area contributed by atoms with Gasteiger partial charge in [0.1, 0.15) is 0 Å². The molecule has 0 saturated carbocycles. The van der Waals surface area contributed by atoms with Gasteiger partial charge in [0.2, 0.25) is 12.7 Å². The molecule has 2 amide bonds. The number of hydrogen-bond donors (Lipinski definition) is 1. The van der Waals surface area contributed by atoms with Crippen molar-refractivity contribution in [2.75, 3.05) is 39.5 Å². The summed E-state index contributed by atoms with van der Waals surface area (Å²) in [5.74, 6) is 1.54. The third-order valence-electron chi connectivity index (χ3n) is 5.47. The van der Waals surface area contributed by atoms with Crippen LogP contribution in [0.5, 0.6) is 11.5 Å². The van der Waals surface area contributed by atoms with Crippen molar-refractivity contribution in [3.63, 3.8) is 0 Å². The monoisotopic (exact) mass is 409 g/mol. The quantitative estimate of drug-likeness (QED) is 0.792. The Morgan fingerprint density at radius 2 is 1.80 bits per heavy atom. The van der Waals surface area contributed by atoms with E-state index in [-0.39, 0.29) is 18.6 Å². The third kappa shape index (κ3) is 4.91. The number of hydrogen-bond acceptors (Lipinski definition) is 5. The van der Waals surface area contributed by atoms with Crippen LogP contribution >= 0.6 is 0 Å². The van der Waals surface area contributed by atoms with E-state index in [0.717, 1.165) is 36.7 Å². The van der Waals surface area contributed by atoms with E-state index in [2.05, 4.69) is 16.3 Å². The van der Waals surface area contributed by atoms with Gasteiger partial charge < -0.3 is 19.7 Å². The van der Waals surface area contributed by atoms with E-state index >= 15 is 0 Å². The molecule has 2 aromatic carbocycles. The molecule has 0 spiro atoms. The topological polar surface area (TPSA) is 71.1 Å². The fourth-order valence-corrected chi connectivity index (χ4v) is 3.78. The molecule has 0 radical (unpaired) electrons. The minimum atomic E-state index is -0.139. The lowest BCUT2D eigenvalue weighted by Crippen LogP contribution is -2.48. The van der Waals surface area contributed by atoms with Gasteiger partial charge in [0.15, 0.2) is 11.5 Å². The fourth-order valence-electron chi connectivity index (χ4n) is 3.78. The number of rotatable bonds is 6. The van der Waals surface area contributed by atoms with Gasteiger partial charge in [-0.2, -0.15) is 0 Å². The average Bonchev–Trinajstić information content (AvgIpc) is 3.22. The molecule has 0 aromatic heterocycles. The molecule has 0 atom stereocenters. The Hall–Kier alpha value is -3.06. The van der Waals surface area contributed by atoms with E-state index < -0.39 is 0 Å². The van der Waals surface area contributed by atoms with E-state index in [1.54, 1.807) is 6.07 Å². The largest absolute Gasteiger partial charge is 0.454 e. The number of benzene rings is 2. The average molecular weight is 409 g/mol. The van der Waals surface area contributed by atoms with Gasteiger partial charge in [-0.25, -0.2) is 0 Å². The molecule has 2 aliphatic rings. The lowest BCUT2D eigenvalue weighted by Gasteiger charge is -2.34. The van der Waals surface area contributed by atoms with Crippen molar-refractivity contribution in [1.29, 1.82) is 0 Å². The molecule has 7 heteroatoms. The number of carbonyl (C=O) groups excluding carboxylic acids is 2. The van der Waals surface area contributed by atoms with E-state index in [1.165, 1.54) is 5.56 Å². The molecule has 0 bridgehead atoms. The molecule has 1 saturated heterocycles. The van der Waals surface area contributed by atoms with Crippen LogP contribution in [0.15, 0.2) is 42.5 Å². The standard InChI is InChI=1S/C23H27N3O4/c1-17-3-2-4-19(13-17)23(28)24-8-7-22(27)26-11-9-25(10-12-26)15-18-5-6-20-21(14-18)30-16-29-20/h2-6,13-14H,7-12,15-16H2,1H3,(H,24,28). The van der Waals surface area contributed by atoms with Crippen LogP contribution in [0.3, 0.4) is 0 Å². The van der Waals surface area contributed by atoms with Gasteiger partial charge in [-0.05, 0) is 36.8 Å². The molecule has 2 aromatic rings. The lowest BCUT2D eigenvalue weighted by molar-refractivity contribution is -0.132. The van der Waals surface area contributed by atoms with Crippen molar-refractivity contribution in [3.05, 3.63) is 59.2 Å². The number of amides is 2. The second-order valence-corrected chi connectivity index (χ2v) is 7.72. The van der Waals surface area contributed by atoms with Gasteiger partial charge in [-0.1, -0.05) is 23.8 Å². The van der Waals surface area contributed by atoms with E-state index in [4.69, 9.17) is 9.47 Å². The number of ether oxygens (including phenoxy) is 2. The first-order valence-corrected chi connectivity index (χ1v) is 10.3. The molecular weight excluding hydrogens is 382 g/mol. The summed E-state index contributed by atoms with van der Waals surface area (Å²) >= 11 is 0. The maximum atomic E-state index is 12.5. The Kier molecular flexibility index (Phi) is 6.18. The summed E-state index contributed by atoms with van der Waals surface area (Å²) in [6, 6.07) is 13.5. The Bertz CT molecular complexity index is 922. The number of aryl methyl sites for hydroxylation is 1. The smallest absolute Gasteiger partial charge is 0.251 e. The van der Waals surface area contributed by atoms with Crippen LogP contribution in [0.1, 0.15) is 27.9 Å². The lowest BCUT2D eigenvalue weighted by atomic mass is 10.1. The van der Waals surface area contributed by atoms with Gasteiger partial charge in [0.05, 0.1) is 0 Å². The molecule has 0 unspecified atom stereocenters. The summed E-state index contributed by atoms with van der Waals surface area (Å²) in [6.45, 7) is 6.47. The van der Waals surface area contributed by atoms with Gasteiger partial charge in [-0.3, -0.25) is 14.5 Å². The molecule has 7 nitrogen and oxygen atoms in total. The van der Waals surface area contributed by atoms with Crippen LogP contribution in [0, 0.1) is 6.92 Å². The molecule has 30 heavy (non-hydrogen) atoms. The van der Waals surface area contributed by atoms with Gasteiger partial charge >= 0.3 is 0 Å². The van der Waals surface area contributed by atoms with E-state index in [0.29, 0.717) is 31.6 Å². The maximum Gasteiger partial charge on any atom is 0.251 e. The predicted molar refractivity (Wildman–Crippen MR) is 113 cm³/mol. The zero-order valence-corrected chi connectivity index (χ0v) is 17.2. The minimum absolute atomic E-state index is 0.0854. The third-order valence-corrected chi connectivity index (χ3v) is 5.47. The molecule has 4 rings (SSSR count). The Balaban J connectivity index is 1.18. The maximum absolute atomic E-state index is 12.5. The van der Waals surface area contributed by atoms with Gasteiger partial charge in [0.25, 0.3) is 5.91 Å². The number of nitrogens with zero attached hydrogens (tertiary/aromatic N) is 2. The summed E-state index contributed by atoms with van der Waals surface area (Å²) < 4.78 is 10.8. The van der Waals surface area contributed by atoms with Gasteiger partial charge in [0, 0.05) is 51.3 Å². The molecule has 1 fully saturated rings. The summed E-state index contributed by atoms with van der Waals surface area (Å²) in [5, 5.41) is 2.84. The second kappa shape index (κ2) is 9.17. The summed E-state index contributed by atoms with van der Waals surface area (Å²) in [7, 11) is 0. The Labute approximate surface area is 176 Å². The molecule has 0 aliphatic carbocycles. The first-order chi connectivity index (χ1) is 14.6. The Morgan fingerprint density at radius 3 is 2.60 bits per heavy atom. The summed E-state index contributed by atoms with van der Waals surface area (Å²) in [5.41, 5.74) is 2.84. The Morgan fingerprint density at radius 1 is 1.00 bits per heavy atom. The van der Waals surface area contributed by atoms with Crippen molar-refractivity contribution in [1.82, 2.24) is 15.1 Å². The van der Waals surface area contributed by atoms with Crippen molar-refractivity contribution in [2.24, 2.45) is 0 Å². The number of piperazine rings is 1. The highest BCUT2D eigenvalue weighted by molar-refractivity contribution is 5.94. The molecular formula is C23H27N3O4. The summed E-state index contributed by atoms with van der Waals surface area (Å²) in [6.07, 6.45) is 0.319.